The molecule has 26 heavy (non-hydrogen) atoms. The zero-order valence-corrected chi connectivity index (χ0v) is 18.5. The smallest absolute Gasteiger partial charge is 0.191 e. The van der Waals surface area contributed by atoms with Gasteiger partial charge in [0.05, 0.1) is 0 Å². The van der Waals surface area contributed by atoms with E-state index >= 15 is 0 Å². The van der Waals surface area contributed by atoms with Crippen LogP contribution < -0.4 is 10.6 Å². The number of hydrogen-bond acceptors (Lipinski definition) is 2. The van der Waals surface area contributed by atoms with E-state index in [1.807, 2.05) is 7.05 Å². The third-order valence-electron chi connectivity index (χ3n) is 6.01. The molecule has 146 valence electrons. The van der Waals surface area contributed by atoms with Crippen molar-refractivity contribution < 1.29 is 4.74 Å². The van der Waals surface area contributed by atoms with Gasteiger partial charge in [0.15, 0.2) is 5.96 Å². The molecule has 2 N–H and O–H groups in total. The van der Waals surface area contributed by atoms with Gasteiger partial charge in [-0.2, -0.15) is 0 Å². The largest absolute Gasteiger partial charge is 0.381 e. The summed E-state index contributed by atoms with van der Waals surface area (Å²) in [7, 11) is 1.87. The molecule has 1 heterocycles. The molecule has 0 spiro atoms. The Labute approximate surface area is 175 Å². The summed E-state index contributed by atoms with van der Waals surface area (Å²) < 4.78 is 5.64. The van der Waals surface area contributed by atoms with Gasteiger partial charge < -0.3 is 15.4 Å². The van der Waals surface area contributed by atoms with Gasteiger partial charge in [0.1, 0.15) is 0 Å². The van der Waals surface area contributed by atoms with Crippen LogP contribution in [-0.2, 0) is 10.2 Å². The molecule has 3 rings (SSSR count). The summed E-state index contributed by atoms with van der Waals surface area (Å²) in [4.78, 5) is 4.47. The molecule has 2 fully saturated rings. The SMILES string of the molecule is CN=C(NCC1(c2ccccc2)CCOCC1)NC1CCC(C)CC1.I. The molecule has 0 bridgehead atoms. The average Bonchev–Trinajstić information content (AvgIpc) is 2.68. The highest BCUT2D eigenvalue weighted by Crippen LogP contribution is 2.34. The number of benzene rings is 1. The Morgan fingerprint density at radius 2 is 1.77 bits per heavy atom. The summed E-state index contributed by atoms with van der Waals surface area (Å²) in [5.41, 5.74) is 1.55. The number of ether oxygens (including phenoxy) is 1. The van der Waals surface area contributed by atoms with E-state index in [-0.39, 0.29) is 29.4 Å². The van der Waals surface area contributed by atoms with E-state index in [4.69, 9.17) is 4.74 Å². The highest BCUT2D eigenvalue weighted by Gasteiger charge is 2.34. The molecular formula is C21H34IN3O. The minimum Gasteiger partial charge on any atom is -0.381 e. The van der Waals surface area contributed by atoms with Gasteiger partial charge in [0.2, 0.25) is 0 Å². The van der Waals surface area contributed by atoms with Crippen LogP contribution in [0.1, 0.15) is 51.0 Å². The molecule has 2 aliphatic rings. The van der Waals surface area contributed by atoms with Crippen molar-refractivity contribution in [2.75, 3.05) is 26.8 Å². The van der Waals surface area contributed by atoms with Crippen molar-refractivity contribution in [1.82, 2.24) is 10.6 Å². The van der Waals surface area contributed by atoms with E-state index < -0.39 is 0 Å². The number of halogens is 1. The summed E-state index contributed by atoms with van der Waals surface area (Å²) in [5.74, 6) is 1.82. The zero-order valence-electron chi connectivity index (χ0n) is 16.2. The Morgan fingerprint density at radius 3 is 2.38 bits per heavy atom. The molecule has 1 aromatic rings. The number of nitrogens with one attached hydrogen (secondary N) is 2. The van der Waals surface area contributed by atoms with Crippen molar-refractivity contribution in [3.8, 4) is 0 Å². The van der Waals surface area contributed by atoms with E-state index in [0.29, 0.717) is 6.04 Å². The van der Waals surface area contributed by atoms with E-state index in [1.165, 1.54) is 31.2 Å². The predicted octanol–water partition coefficient (Wildman–Crippen LogP) is 4.10. The number of nitrogens with zero attached hydrogens (tertiary/aromatic N) is 1. The monoisotopic (exact) mass is 471 g/mol. The van der Waals surface area contributed by atoms with E-state index in [1.54, 1.807) is 0 Å². The van der Waals surface area contributed by atoms with Crippen LogP contribution in [0.2, 0.25) is 0 Å². The molecule has 1 saturated carbocycles. The van der Waals surface area contributed by atoms with E-state index in [9.17, 15) is 0 Å². The van der Waals surface area contributed by atoms with Gasteiger partial charge in [-0.05, 0) is 50.0 Å². The lowest BCUT2D eigenvalue weighted by Gasteiger charge is -2.38. The summed E-state index contributed by atoms with van der Waals surface area (Å²) in [5, 5.41) is 7.26. The van der Waals surface area contributed by atoms with Crippen LogP contribution in [0.15, 0.2) is 35.3 Å². The second-order valence-corrected chi connectivity index (χ2v) is 7.79. The average molecular weight is 471 g/mol. The van der Waals surface area contributed by atoms with Crippen molar-refractivity contribution in [3.05, 3.63) is 35.9 Å². The fourth-order valence-corrected chi connectivity index (χ4v) is 4.17. The molecule has 0 aromatic heterocycles. The molecule has 0 atom stereocenters. The third kappa shape index (κ3) is 5.59. The highest BCUT2D eigenvalue weighted by atomic mass is 127. The fraction of sp³-hybridized carbons (Fsp3) is 0.667. The van der Waals surface area contributed by atoms with Crippen LogP contribution in [0, 0.1) is 5.92 Å². The van der Waals surface area contributed by atoms with Crippen molar-refractivity contribution in [2.24, 2.45) is 10.9 Å². The van der Waals surface area contributed by atoms with Crippen LogP contribution in [0.4, 0.5) is 0 Å². The van der Waals surface area contributed by atoms with Crippen LogP contribution in [-0.4, -0.2) is 38.8 Å². The Balaban J connectivity index is 0.00000243. The van der Waals surface area contributed by atoms with Gasteiger partial charge in [0, 0.05) is 38.3 Å². The van der Waals surface area contributed by atoms with E-state index in [0.717, 1.165) is 44.5 Å². The first-order valence-corrected chi connectivity index (χ1v) is 9.82. The Morgan fingerprint density at radius 1 is 1.12 bits per heavy atom. The second kappa shape index (κ2) is 10.5. The molecule has 0 amide bonds. The van der Waals surface area contributed by atoms with Crippen LogP contribution in [0.25, 0.3) is 0 Å². The normalized spacial score (nSPS) is 25.8. The third-order valence-corrected chi connectivity index (χ3v) is 6.01. The molecule has 1 saturated heterocycles. The van der Waals surface area contributed by atoms with Crippen LogP contribution in [0.5, 0.6) is 0 Å². The molecule has 1 aromatic carbocycles. The topological polar surface area (TPSA) is 45.7 Å². The van der Waals surface area contributed by atoms with Gasteiger partial charge in [0.25, 0.3) is 0 Å². The maximum Gasteiger partial charge on any atom is 0.191 e. The van der Waals surface area contributed by atoms with Crippen molar-refractivity contribution in [2.45, 2.75) is 56.9 Å². The number of hydrogen-bond donors (Lipinski definition) is 2. The van der Waals surface area contributed by atoms with Crippen LogP contribution >= 0.6 is 24.0 Å². The Hall–Kier alpha value is -0.820. The molecule has 0 unspecified atom stereocenters. The zero-order chi connectivity index (χ0) is 17.5. The second-order valence-electron chi connectivity index (χ2n) is 7.79. The van der Waals surface area contributed by atoms with Gasteiger partial charge in [-0.3, -0.25) is 4.99 Å². The molecule has 0 radical (unpaired) electrons. The van der Waals surface area contributed by atoms with Crippen LogP contribution in [0.3, 0.4) is 0 Å². The lowest BCUT2D eigenvalue weighted by molar-refractivity contribution is 0.0513. The molecule has 1 aliphatic heterocycles. The molecule has 1 aliphatic carbocycles. The van der Waals surface area contributed by atoms with Crippen molar-refractivity contribution in [1.29, 1.82) is 0 Å². The first-order chi connectivity index (χ1) is 12.2. The quantitative estimate of drug-likeness (QED) is 0.395. The highest BCUT2D eigenvalue weighted by molar-refractivity contribution is 14.0. The number of rotatable bonds is 4. The van der Waals surface area contributed by atoms with E-state index in [2.05, 4.69) is 52.9 Å². The Kier molecular flexibility index (Phi) is 8.67. The number of guanidine groups is 1. The van der Waals surface area contributed by atoms with Crippen molar-refractivity contribution >= 4 is 29.9 Å². The summed E-state index contributed by atoms with van der Waals surface area (Å²) in [6.45, 7) is 4.94. The first kappa shape index (κ1) is 21.5. The number of aliphatic imine (C=N–C) groups is 1. The van der Waals surface area contributed by atoms with Crippen molar-refractivity contribution in [3.63, 3.8) is 0 Å². The minimum absolute atomic E-state index is 0. The fourth-order valence-electron chi connectivity index (χ4n) is 4.17. The predicted molar refractivity (Wildman–Crippen MR) is 120 cm³/mol. The molecular weight excluding hydrogens is 437 g/mol. The first-order valence-electron chi connectivity index (χ1n) is 9.82. The summed E-state index contributed by atoms with van der Waals surface area (Å²) >= 11 is 0. The molecule has 5 heteroatoms. The maximum absolute atomic E-state index is 5.64. The van der Waals surface area contributed by atoms with Gasteiger partial charge in [-0.25, -0.2) is 0 Å². The summed E-state index contributed by atoms with van der Waals surface area (Å²) in [6, 6.07) is 11.4. The molecule has 4 nitrogen and oxygen atoms in total. The van der Waals surface area contributed by atoms with Gasteiger partial charge in [-0.15, -0.1) is 24.0 Å². The lowest BCUT2D eigenvalue weighted by Crippen LogP contribution is -2.50. The minimum atomic E-state index is 0. The standard InChI is InChI=1S/C21H33N3O.HI/c1-17-8-10-19(11-9-17)24-20(22-2)23-16-21(12-14-25-15-13-21)18-6-4-3-5-7-18;/h3-7,17,19H,8-16H2,1-2H3,(H2,22,23,24);1H. The van der Waals surface area contributed by atoms with Gasteiger partial charge in [-0.1, -0.05) is 37.3 Å². The maximum atomic E-state index is 5.64. The summed E-state index contributed by atoms with van der Waals surface area (Å²) in [6.07, 6.45) is 7.25. The Bertz CT molecular complexity index is 550. The van der Waals surface area contributed by atoms with Gasteiger partial charge >= 0.3 is 0 Å². The lowest BCUT2D eigenvalue weighted by atomic mass is 9.74.